The molecule has 32 nitrogen and oxygen atoms in total. The van der Waals surface area contributed by atoms with Crippen LogP contribution in [-0.2, 0) is 19.2 Å². The molecule has 34 heteroatoms. The van der Waals surface area contributed by atoms with Crippen molar-refractivity contribution in [1.82, 2.24) is 96.3 Å². The quantitative estimate of drug-likeness (QED) is 0.0672. The molecule has 0 saturated carbocycles. The Balaban J connectivity index is 0.000000395. The number of aromatic amines is 9. The van der Waals surface area contributed by atoms with Gasteiger partial charge in [0.25, 0.3) is 33.7 Å². The van der Waals surface area contributed by atoms with E-state index in [1.807, 2.05) is 20.8 Å². The standard InChI is InChI=1S/C5H5NO2.C4H6N2O2.2C4H6N2O.C4H5NO2S.2C4H5NO2.C3H5N3.C3H4N2OS.C2H4N4/c1-3-2-4(7)6-5(3)8;1-2-3(7)6-4(8)5-2;1-3-2-5-4(7)6-3;1-3-2-4(7)6-5-3;1-2-3(6)5-4(7)8-2;1-3-2-4(6)5-7-3;1-3-2-4(6)7-5-3;1-3-4-2-5-6-3;1-2-3(6)5-7-4-2;1-2-3-5-6-4-2/h2H,1H3,(H,6,7,8);2H,1H3,(H2,5,6,7,8);2*2H,1H3,(H2,5,6,7);2H,1H3,(H,5,6,7);2H,1H3,(H,5,6);2,5H,1H3;2H,1H3,(H,4,5,6);1H3,(H,5,6);1H3,(H,3,4,5,6). The molecule has 71 heavy (non-hydrogen) atoms. The van der Waals surface area contributed by atoms with Crippen molar-refractivity contribution >= 4 is 58.4 Å². The number of hydrogen-bond acceptors (Lipinski definition) is 21. The summed E-state index contributed by atoms with van der Waals surface area (Å²) in [6.07, 6.45) is 4.39. The molecule has 0 aliphatic carbocycles. The van der Waals surface area contributed by atoms with E-state index >= 15 is 0 Å². The fourth-order valence-electron chi connectivity index (χ4n) is 3.79. The fourth-order valence-corrected chi connectivity index (χ4v) is 4.94. The lowest BCUT2D eigenvalue weighted by Gasteiger charge is -1.91. The lowest BCUT2D eigenvalue weighted by molar-refractivity contribution is -0.124. The molecule has 2 saturated heterocycles. The molecule has 7 amide bonds. The van der Waals surface area contributed by atoms with Crippen LogP contribution in [0.5, 0.6) is 0 Å². The predicted octanol–water partition coefficient (Wildman–Crippen LogP) is -0.502. The molecule has 0 spiro atoms. The number of imide groups is 3. The Morgan fingerprint density at radius 2 is 1.42 bits per heavy atom. The van der Waals surface area contributed by atoms with Crippen molar-refractivity contribution in [2.24, 2.45) is 0 Å². The third-order valence-corrected chi connectivity index (χ3v) is 8.72. The average molecular weight is 1030 g/mol. The van der Waals surface area contributed by atoms with Gasteiger partial charge in [-0.15, -0.1) is 10.2 Å². The zero-order valence-corrected chi connectivity index (χ0v) is 41.1. The average Bonchev–Trinajstić information content (AvgIpc) is 4.16. The van der Waals surface area contributed by atoms with E-state index in [2.05, 4.69) is 105 Å². The number of carbonyl (C=O) groups is 6. The van der Waals surface area contributed by atoms with Crippen molar-refractivity contribution in [3.63, 3.8) is 0 Å². The fraction of sp³-hybridized carbons (Fsp3) is 0.324. The second kappa shape index (κ2) is 31.8. The SMILES string of the molecule is CC1=CC(=O)NC1=O.CC1NC(=O)NC1=O.CC1SC(=O)NC1=O.Cc1c[nH]c(=O)[nH]1.Cc1cc(=O)[nH][nH]1.Cc1cc(=O)[nH]o1.Cc1cc(=O)o[nH]1.Cc1ncn[nH]1.Cc1nn[nH]n1.Cc1ns[nH]c1=O. The van der Waals surface area contributed by atoms with Gasteiger partial charge in [-0.3, -0.25) is 68.9 Å². The van der Waals surface area contributed by atoms with Gasteiger partial charge in [0.15, 0.2) is 5.82 Å². The summed E-state index contributed by atoms with van der Waals surface area (Å²) in [4.78, 5) is 122. The second-order valence-electron chi connectivity index (χ2n) is 13.6. The van der Waals surface area contributed by atoms with Crippen molar-refractivity contribution in [1.29, 1.82) is 0 Å². The highest BCUT2D eigenvalue weighted by Gasteiger charge is 2.26. The van der Waals surface area contributed by atoms with Gasteiger partial charge in [0.05, 0.1) is 10.9 Å². The van der Waals surface area contributed by atoms with Crippen LogP contribution in [0.4, 0.5) is 9.59 Å². The van der Waals surface area contributed by atoms with Crippen LogP contribution in [0.3, 0.4) is 0 Å². The van der Waals surface area contributed by atoms with Gasteiger partial charge in [-0.2, -0.15) is 19.8 Å². The molecule has 0 radical (unpaired) electrons. The maximum atomic E-state index is 10.4. The van der Waals surface area contributed by atoms with Crippen LogP contribution < -0.4 is 49.3 Å². The largest absolute Gasteiger partial charge is 0.384 e. The van der Waals surface area contributed by atoms with E-state index in [0.717, 1.165) is 46.4 Å². The van der Waals surface area contributed by atoms with E-state index in [9.17, 15) is 52.7 Å². The lowest BCUT2D eigenvalue weighted by Crippen LogP contribution is -2.24. The molecule has 10 rings (SSSR count). The first-order valence-electron chi connectivity index (χ1n) is 19.8. The third-order valence-electron chi connectivity index (χ3n) is 7.19. The molecule has 3 aliphatic rings. The molecule has 2 fully saturated rings. The molecule has 0 bridgehead atoms. The number of aromatic nitrogens is 15. The number of aryl methyl sites for hydroxylation is 7. The van der Waals surface area contributed by atoms with Gasteiger partial charge in [0.1, 0.15) is 29.6 Å². The number of imidazole rings is 1. The molecule has 2 unspecified atom stereocenters. The maximum absolute atomic E-state index is 10.4. The molecule has 13 N–H and O–H groups in total. The summed E-state index contributed by atoms with van der Waals surface area (Å²) in [5, 5.41) is 36.8. The van der Waals surface area contributed by atoms with E-state index in [1.54, 1.807) is 54.7 Å². The zero-order valence-electron chi connectivity index (χ0n) is 39.4. The Bertz CT molecular complexity index is 2780. The van der Waals surface area contributed by atoms with E-state index < -0.39 is 6.03 Å². The van der Waals surface area contributed by atoms with Gasteiger partial charge < -0.3 is 29.4 Å². The Kier molecular flexibility index (Phi) is 26.9. The summed E-state index contributed by atoms with van der Waals surface area (Å²) < 4.78 is 14.9. The number of hydrogen-bond donors (Lipinski definition) is 13. The minimum Gasteiger partial charge on any atom is -0.384 e. The molecule has 7 aromatic rings. The van der Waals surface area contributed by atoms with Crippen LogP contribution in [-0.4, -0.2) is 121 Å². The number of nitrogens with one attached hydrogen (secondary N) is 13. The topological polar surface area (TPSA) is 482 Å². The van der Waals surface area contributed by atoms with Crippen molar-refractivity contribution in [2.45, 2.75) is 80.5 Å². The van der Waals surface area contributed by atoms with Gasteiger partial charge in [0.2, 0.25) is 11.8 Å². The Morgan fingerprint density at radius 3 is 1.56 bits per heavy atom. The van der Waals surface area contributed by atoms with Gasteiger partial charge >= 0.3 is 17.3 Å². The van der Waals surface area contributed by atoms with Crippen molar-refractivity contribution < 1.29 is 37.8 Å². The highest BCUT2D eigenvalue weighted by Crippen LogP contribution is 2.16. The van der Waals surface area contributed by atoms with E-state index in [4.69, 9.17) is 0 Å². The van der Waals surface area contributed by atoms with Crippen LogP contribution in [0.1, 0.15) is 61.0 Å². The van der Waals surface area contributed by atoms with Crippen LogP contribution in [0.2, 0.25) is 0 Å². The summed E-state index contributed by atoms with van der Waals surface area (Å²) in [5.41, 5.74) is 2.72. The summed E-state index contributed by atoms with van der Waals surface area (Å²) in [6.45, 7) is 17.3. The maximum Gasteiger partial charge on any atom is 0.357 e. The number of rotatable bonds is 0. The van der Waals surface area contributed by atoms with Gasteiger partial charge in [-0.1, -0.05) is 17.0 Å². The second-order valence-corrected chi connectivity index (χ2v) is 15.5. The zero-order chi connectivity index (χ0) is 53.6. The molecule has 384 valence electrons. The first-order valence-corrected chi connectivity index (χ1v) is 21.5. The lowest BCUT2D eigenvalue weighted by atomic mass is 10.3. The van der Waals surface area contributed by atoms with Gasteiger partial charge in [-0.25, -0.2) is 24.5 Å². The first kappa shape index (κ1) is 59.9. The van der Waals surface area contributed by atoms with Crippen LogP contribution >= 0.6 is 23.5 Å². The number of H-pyrrole nitrogens is 9. The van der Waals surface area contributed by atoms with E-state index in [1.165, 1.54) is 30.6 Å². The van der Waals surface area contributed by atoms with Crippen molar-refractivity contribution in [3.8, 4) is 0 Å². The number of amides is 7. The Hall–Kier alpha value is -9.08. The van der Waals surface area contributed by atoms with Crippen molar-refractivity contribution in [2.75, 3.05) is 0 Å². The molecule has 7 aromatic heterocycles. The highest BCUT2D eigenvalue weighted by atomic mass is 32.2. The Labute approximate surface area is 406 Å². The van der Waals surface area contributed by atoms with Crippen molar-refractivity contribution in [3.05, 3.63) is 135 Å². The van der Waals surface area contributed by atoms with Crippen LogP contribution in [0.15, 0.2) is 75.4 Å². The van der Waals surface area contributed by atoms with Gasteiger partial charge in [0, 0.05) is 59.2 Å². The summed E-state index contributed by atoms with van der Waals surface area (Å²) >= 11 is 2.11. The molecule has 2 atom stereocenters. The predicted molar refractivity (Wildman–Crippen MR) is 252 cm³/mol. The minimum absolute atomic E-state index is 0.0718. The van der Waals surface area contributed by atoms with Gasteiger partial charge in [-0.05, 0) is 69.2 Å². The molecule has 10 heterocycles. The molecular formula is C37H51N19O13S2. The monoisotopic (exact) mass is 1030 g/mol. The summed E-state index contributed by atoms with van der Waals surface area (Å²) in [5.74, 6) is 1.12. The third kappa shape index (κ3) is 28.0. The highest BCUT2D eigenvalue weighted by molar-refractivity contribution is 8.15. The number of urea groups is 1. The smallest absolute Gasteiger partial charge is 0.357 e. The molecular weight excluding hydrogens is 983 g/mol. The molecule has 3 aliphatic heterocycles. The summed E-state index contributed by atoms with van der Waals surface area (Å²) in [6, 6.07) is 3.52. The molecule has 0 aromatic carbocycles. The van der Waals surface area contributed by atoms with E-state index in [-0.39, 0.29) is 68.2 Å². The van der Waals surface area contributed by atoms with E-state index in [0.29, 0.717) is 22.9 Å². The number of tetrazole rings is 1. The minimum atomic E-state index is -0.400. The number of thioether (sulfide) groups is 1. The van der Waals surface area contributed by atoms with Crippen LogP contribution in [0, 0.1) is 48.5 Å². The van der Waals surface area contributed by atoms with Crippen LogP contribution in [0.25, 0.3) is 0 Å². The number of carbonyl (C=O) groups excluding carboxylic acids is 6. The Morgan fingerprint density at radius 1 is 0.718 bits per heavy atom. The number of nitrogens with zero attached hydrogens (tertiary/aromatic N) is 6. The normalized spacial score (nSPS) is 14.4. The summed E-state index contributed by atoms with van der Waals surface area (Å²) in [7, 11) is 0. The first-order chi connectivity index (χ1) is 33.3.